The monoisotopic (exact) mass is 622 g/mol. The number of aliphatic hydroxyl groups is 3. The Morgan fingerprint density at radius 2 is 0.800 bits per heavy atom. The van der Waals surface area contributed by atoms with Crippen LogP contribution in [0.15, 0.2) is 106 Å². The molecule has 6 N–H and O–H groups in total. The van der Waals surface area contributed by atoms with E-state index in [-0.39, 0.29) is 27.9 Å². The van der Waals surface area contributed by atoms with Gasteiger partial charge >= 0.3 is 0 Å². The van der Waals surface area contributed by atoms with Crippen LogP contribution in [-0.4, -0.2) is 73.5 Å². The van der Waals surface area contributed by atoms with Crippen molar-refractivity contribution < 1.29 is 54.2 Å². The summed E-state index contributed by atoms with van der Waals surface area (Å²) in [5, 5.41) is 25.6. The average molecular weight is 623 g/mol. The molecule has 1 unspecified atom stereocenters. The van der Waals surface area contributed by atoms with E-state index >= 15 is 0 Å². The third-order valence-electron chi connectivity index (χ3n) is 4.53. The summed E-state index contributed by atoms with van der Waals surface area (Å²) in [5.74, 6) is 0. The van der Waals surface area contributed by atoms with Crippen LogP contribution >= 0.6 is 0 Å². The fraction of sp³-hybridized carbons (Fsp3) is 0.280. The molecule has 0 amide bonds. The van der Waals surface area contributed by atoms with Gasteiger partial charge < -0.3 is 15.3 Å². The maximum Gasteiger partial charge on any atom is 0.294 e. The first kappa shape index (κ1) is 37.3. The smallest absolute Gasteiger partial charge is 0.294 e. The van der Waals surface area contributed by atoms with Crippen LogP contribution in [0.2, 0.25) is 0 Å². The molecule has 15 heteroatoms. The van der Waals surface area contributed by atoms with E-state index < -0.39 is 36.5 Å². The van der Waals surface area contributed by atoms with Crippen molar-refractivity contribution in [2.45, 2.75) is 46.5 Å². The van der Waals surface area contributed by atoms with E-state index in [1.54, 1.807) is 54.6 Å². The highest BCUT2D eigenvalue weighted by atomic mass is 32.2. The normalized spacial score (nSPS) is 11.8. The maximum absolute atomic E-state index is 10.4. The molecule has 3 aromatic rings. The van der Waals surface area contributed by atoms with Crippen LogP contribution in [0, 0.1) is 0 Å². The number of hydrogen-bond donors (Lipinski definition) is 6. The Labute approximate surface area is 234 Å². The SMILES string of the molecule is O=S(=O)(O)c1ccccc1.O=S(=O)(O)c1ccccc1.O=S(=O)(O)c1ccccc1.OCCCCCC(O)CO. The zero-order valence-electron chi connectivity index (χ0n) is 21.3. The van der Waals surface area contributed by atoms with Gasteiger partial charge in [-0.05, 0) is 49.2 Å². The van der Waals surface area contributed by atoms with Crippen LogP contribution in [0.4, 0.5) is 0 Å². The predicted molar refractivity (Wildman–Crippen MR) is 147 cm³/mol. The van der Waals surface area contributed by atoms with Gasteiger partial charge in [0.15, 0.2) is 0 Å². The van der Waals surface area contributed by atoms with Crippen molar-refractivity contribution in [1.82, 2.24) is 0 Å². The molecular weight excluding hydrogens is 588 g/mol. The van der Waals surface area contributed by atoms with E-state index in [9.17, 15) is 25.3 Å². The molecule has 1 atom stereocenters. The molecule has 0 aliphatic heterocycles. The van der Waals surface area contributed by atoms with E-state index in [0.717, 1.165) is 19.3 Å². The molecule has 12 nitrogen and oxygen atoms in total. The molecule has 0 fully saturated rings. The van der Waals surface area contributed by atoms with Crippen molar-refractivity contribution >= 4 is 30.4 Å². The lowest BCUT2D eigenvalue weighted by Gasteiger charge is -2.04. The van der Waals surface area contributed by atoms with Gasteiger partial charge in [0.2, 0.25) is 0 Å². The molecule has 0 aliphatic carbocycles. The van der Waals surface area contributed by atoms with E-state index in [1.807, 2.05) is 0 Å². The van der Waals surface area contributed by atoms with E-state index in [0.29, 0.717) is 6.42 Å². The number of benzene rings is 3. The fourth-order valence-corrected chi connectivity index (χ4v) is 4.04. The molecule has 3 aromatic carbocycles. The van der Waals surface area contributed by atoms with Crippen molar-refractivity contribution in [2.75, 3.05) is 13.2 Å². The van der Waals surface area contributed by atoms with Gasteiger partial charge in [-0.3, -0.25) is 13.7 Å². The summed E-state index contributed by atoms with van der Waals surface area (Å²) < 4.78 is 87.7. The van der Waals surface area contributed by atoms with Gasteiger partial charge in [0, 0.05) is 6.61 Å². The van der Waals surface area contributed by atoms with Gasteiger partial charge in [-0.15, -0.1) is 0 Å². The minimum atomic E-state index is -4.00. The molecule has 224 valence electrons. The van der Waals surface area contributed by atoms with Crippen LogP contribution in [-0.2, 0) is 30.4 Å². The highest BCUT2D eigenvalue weighted by molar-refractivity contribution is 7.86. The van der Waals surface area contributed by atoms with Crippen molar-refractivity contribution in [3.8, 4) is 0 Å². The second-order valence-electron chi connectivity index (χ2n) is 7.77. The Balaban J connectivity index is 0.000000507. The van der Waals surface area contributed by atoms with Crippen molar-refractivity contribution in [3.05, 3.63) is 91.0 Å². The highest BCUT2D eigenvalue weighted by Crippen LogP contribution is 2.07. The van der Waals surface area contributed by atoms with Crippen LogP contribution in [0.25, 0.3) is 0 Å². The van der Waals surface area contributed by atoms with Crippen LogP contribution < -0.4 is 0 Å². The molecule has 0 saturated carbocycles. The fourth-order valence-electron chi connectivity index (χ4n) is 2.54. The summed E-state index contributed by atoms with van der Waals surface area (Å²) >= 11 is 0. The van der Waals surface area contributed by atoms with Crippen LogP contribution in [0.1, 0.15) is 25.7 Å². The highest BCUT2D eigenvalue weighted by Gasteiger charge is 2.07. The second kappa shape index (κ2) is 19.4. The van der Waals surface area contributed by atoms with Crippen molar-refractivity contribution in [2.24, 2.45) is 0 Å². The molecule has 40 heavy (non-hydrogen) atoms. The summed E-state index contributed by atoms with van der Waals surface area (Å²) in [4.78, 5) is -0.222. The third-order valence-corrected chi connectivity index (χ3v) is 7.13. The van der Waals surface area contributed by atoms with E-state index in [1.165, 1.54) is 36.4 Å². The maximum atomic E-state index is 10.4. The summed E-state index contributed by atoms with van der Waals surface area (Å²) in [6.45, 7) is 0.0638. The average Bonchev–Trinajstić information content (AvgIpc) is 2.92. The molecule has 0 saturated heterocycles. The standard InChI is InChI=1S/C7H16O3.3C6H6O3S/c8-5-3-1-2-4-7(10)6-9;3*7-10(8,9)6-4-2-1-3-5-6/h7-10H,1-6H2;3*1-5H,(H,7,8,9). The van der Waals surface area contributed by atoms with E-state index in [2.05, 4.69) is 0 Å². The Bertz CT molecular complexity index is 1220. The molecular formula is C25H34O12S3. The lowest BCUT2D eigenvalue weighted by atomic mass is 10.1. The quantitative estimate of drug-likeness (QED) is 0.150. The molecule has 0 spiro atoms. The number of unbranched alkanes of at least 4 members (excludes halogenated alkanes) is 2. The summed E-state index contributed by atoms with van der Waals surface area (Å²) in [6.07, 6.45) is 2.66. The van der Waals surface area contributed by atoms with Crippen molar-refractivity contribution in [3.63, 3.8) is 0 Å². The minimum absolute atomic E-state index is 0.0741. The van der Waals surface area contributed by atoms with Crippen LogP contribution in [0.5, 0.6) is 0 Å². The summed E-state index contributed by atoms with van der Waals surface area (Å²) in [7, 11) is -12.0. The summed E-state index contributed by atoms with van der Waals surface area (Å²) in [5.41, 5.74) is 0. The van der Waals surface area contributed by atoms with Gasteiger partial charge in [0.05, 0.1) is 27.4 Å². The zero-order chi connectivity index (χ0) is 30.7. The van der Waals surface area contributed by atoms with Gasteiger partial charge in [-0.2, -0.15) is 25.3 Å². The Hall–Kier alpha value is -2.73. The first-order chi connectivity index (χ1) is 18.6. The summed E-state index contributed by atoms with van der Waals surface area (Å²) in [6, 6.07) is 22.3. The van der Waals surface area contributed by atoms with Gasteiger partial charge in [0.1, 0.15) is 0 Å². The molecule has 0 bridgehead atoms. The lowest BCUT2D eigenvalue weighted by Crippen LogP contribution is -2.11. The predicted octanol–water partition coefficient (Wildman–Crippen LogP) is 2.69. The number of aliphatic hydroxyl groups excluding tert-OH is 3. The van der Waals surface area contributed by atoms with Gasteiger partial charge in [-0.25, -0.2) is 0 Å². The lowest BCUT2D eigenvalue weighted by molar-refractivity contribution is 0.0856. The molecule has 0 heterocycles. The molecule has 0 aromatic heterocycles. The third kappa shape index (κ3) is 18.5. The zero-order valence-corrected chi connectivity index (χ0v) is 23.8. The molecule has 3 rings (SSSR count). The van der Waals surface area contributed by atoms with Crippen molar-refractivity contribution in [1.29, 1.82) is 0 Å². The van der Waals surface area contributed by atoms with Crippen LogP contribution in [0.3, 0.4) is 0 Å². The number of rotatable bonds is 9. The topological polar surface area (TPSA) is 224 Å². The first-order valence-corrected chi connectivity index (χ1v) is 15.9. The Kier molecular flexibility index (Phi) is 18.0. The minimum Gasteiger partial charge on any atom is -0.396 e. The number of hydrogen-bond acceptors (Lipinski definition) is 9. The molecule has 0 radical (unpaired) electrons. The first-order valence-electron chi connectivity index (χ1n) is 11.6. The largest absolute Gasteiger partial charge is 0.396 e. The Morgan fingerprint density at radius 3 is 1.00 bits per heavy atom. The Morgan fingerprint density at radius 1 is 0.500 bits per heavy atom. The van der Waals surface area contributed by atoms with Gasteiger partial charge in [-0.1, -0.05) is 67.4 Å². The van der Waals surface area contributed by atoms with Gasteiger partial charge in [0.25, 0.3) is 30.4 Å². The second-order valence-corrected chi connectivity index (χ2v) is 12.0. The van der Waals surface area contributed by atoms with E-state index in [4.69, 9.17) is 29.0 Å². The molecule has 0 aliphatic rings.